The van der Waals surface area contributed by atoms with E-state index in [1.165, 1.54) is 5.56 Å². The number of benzene rings is 1. The zero-order valence-electron chi connectivity index (χ0n) is 10.1. The molecule has 3 heteroatoms. The number of nitrogens with one attached hydrogen (secondary N) is 1. The Labute approximate surface area is 102 Å². The van der Waals surface area contributed by atoms with Crippen LogP contribution in [0.15, 0.2) is 48.8 Å². The van der Waals surface area contributed by atoms with Crippen molar-refractivity contribution in [3.8, 4) is 5.75 Å². The molecule has 1 heterocycles. The third-order valence-electron chi connectivity index (χ3n) is 2.55. The zero-order valence-corrected chi connectivity index (χ0v) is 10.1. The highest BCUT2D eigenvalue weighted by Gasteiger charge is 1.96. The molecule has 0 amide bonds. The zero-order chi connectivity index (χ0) is 11.9. The average Bonchev–Trinajstić information content (AvgIpc) is 2.79. The van der Waals surface area contributed by atoms with Crippen LogP contribution >= 0.6 is 0 Å². The Morgan fingerprint density at radius 2 is 2.00 bits per heavy atom. The highest BCUT2D eigenvalue weighted by atomic mass is 16.5. The van der Waals surface area contributed by atoms with Gasteiger partial charge in [0.15, 0.2) is 0 Å². The normalized spacial score (nSPS) is 10.4. The number of hydrogen-bond donors (Lipinski definition) is 1. The standard InChI is InChI=1S/C14H18N2O/c1-15-11-13-7-8-16(12-13)9-10-17-14-5-3-2-4-6-14/h2-8,12,15H,9-11H2,1H3. The number of nitrogens with zero attached hydrogens (tertiary/aromatic N) is 1. The lowest BCUT2D eigenvalue weighted by molar-refractivity contribution is 0.298. The van der Waals surface area contributed by atoms with Crippen LogP contribution in [-0.4, -0.2) is 18.2 Å². The molecule has 0 unspecified atom stereocenters. The van der Waals surface area contributed by atoms with Gasteiger partial charge in [-0.25, -0.2) is 0 Å². The maximum Gasteiger partial charge on any atom is 0.119 e. The fourth-order valence-electron chi connectivity index (χ4n) is 1.72. The summed E-state index contributed by atoms with van der Waals surface area (Å²) in [7, 11) is 1.95. The Morgan fingerprint density at radius 1 is 1.18 bits per heavy atom. The van der Waals surface area contributed by atoms with Crippen molar-refractivity contribution < 1.29 is 4.74 Å². The lowest BCUT2D eigenvalue weighted by Crippen LogP contribution is -2.07. The van der Waals surface area contributed by atoms with Crippen molar-refractivity contribution in [1.82, 2.24) is 9.88 Å². The quantitative estimate of drug-likeness (QED) is 0.824. The summed E-state index contributed by atoms with van der Waals surface area (Å²) in [5, 5.41) is 3.13. The van der Waals surface area contributed by atoms with Gasteiger partial charge < -0.3 is 14.6 Å². The van der Waals surface area contributed by atoms with Crippen molar-refractivity contribution in [1.29, 1.82) is 0 Å². The Bertz CT molecular complexity index is 436. The fourth-order valence-corrected chi connectivity index (χ4v) is 1.72. The van der Waals surface area contributed by atoms with Gasteiger partial charge in [0.2, 0.25) is 0 Å². The predicted molar refractivity (Wildman–Crippen MR) is 69.1 cm³/mol. The number of hydrogen-bond acceptors (Lipinski definition) is 2. The highest BCUT2D eigenvalue weighted by Crippen LogP contribution is 2.08. The molecule has 0 bridgehead atoms. The third kappa shape index (κ3) is 3.64. The van der Waals surface area contributed by atoms with Gasteiger partial charge in [0.05, 0.1) is 6.54 Å². The number of aromatic nitrogens is 1. The molecule has 0 aliphatic carbocycles. The first-order valence-corrected chi connectivity index (χ1v) is 5.85. The summed E-state index contributed by atoms with van der Waals surface area (Å²) >= 11 is 0. The molecule has 1 aromatic heterocycles. The number of ether oxygens (including phenoxy) is 1. The van der Waals surface area contributed by atoms with Gasteiger partial charge in [-0.1, -0.05) is 18.2 Å². The maximum absolute atomic E-state index is 5.64. The molecule has 3 nitrogen and oxygen atoms in total. The highest BCUT2D eigenvalue weighted by molar-refractivity contribution is 5.20. The summed E-state index contributed by atoms with van der Waals surface area (Å²) in [6.45, 7) is 2.48. The molecule has 0 atom stereocenters. The minimum Gasteiger partial charge on any atom is -0.492 e. The smallest absolute Gasteiger partial charge is 0.119 e. The van der Waals surface area contributed by atoms with Crippen molar-refractivity contribution >= 4 is 0 Å². The molecular weight excluding hydrogens is 212 g/mol. The summed E-state index contributed by atoms with van der Waals surface area (Å²) in [5.41, 5.74) is 1.30. The van der Waals surface area contributed by atoms with Gasteiger partial charge in [-0.2, -0.15) is 0 Å². The minimum atomic E-state index is 0.692. The van der Waals surface area contributed by atoms with E-state index in [4.69, 9.17) is 4.74 Å². The van der Waals surface area contributed by atoms with Crippen molar-refractivity contribution in [2.75, 3.05) is 13.7 Å². The van der Waals surface area contributed by atoms with E-state index in [1.54, 1.807) is 0 Å². The lowest BCUT2D eigenvalue weighted by Gasteiger charge is -2.06. The van der Waals surface area contributed by atoms with Gasteiger partial charge in [0.1, 0.15) is 12.4 Å². The van der Waals surface area contributed by atoms with E-state index in [0.29, 0.717) is 6.61 Å². The molecule has 2 rings (SSSR count). The molecule has 0 spiro atoms. The van der Waals surface area contributed by atoms with E-state index >= 15 is 0 Å². The Kier molecular flexibility index (Phi) is 4.22. The molecule has 0 saturated heterocycles. The molecule has 0 fully saturated rings. The van der Waals surface area contributed by atoms with Crippen LogP contribution in [0.25, 0.3) is 0 Å². The first kappa shape index (κ1) is 11.7. The molecular formula is C14H18N2O. The maximum atomic E-state index is 5.64. The van der Waals surface area contributed by atoms with Crippen LogP contribution in [0.5, 0.6) is 5.75 Å². The van der Waals surface area contributed by atoms with Crippen molar-refractivity contribution in [3.63, 3.8) is 0 Å². The summed E-state index contributed by atoms with van der Waals surface area (Å²) in [5.74, 6) is 0.926. The van der Waals surface area contributed by atoms with Gasteiger partial charge >= 0.3 is 0 Å². The van der Waals surface area contributed by atoms with E-state index in [0.717, 1.165) is 18.8 Å². The summed E-state index contributed by atoms with van der Waals surface area (Å²) < 4.78 is 7.79. The number of para-hydroxylation sites is 1. The molecule has 0 aliphatic rings. The van der Waals surface area contributed by atoms with Crippen LogP contribution in [0.2, 0.25) is 0 Å². The third-order valence-corrected chi connectivity index (χ3v) is 2.55. The molecule has 0 saturated carbocycles. The molecule has 2 aromatic rings. The van der Waals surface area contributed by atoms with E-state index in [9.17, 15) is 0 Å². The fraction of sp³-hybridized carbons (Fsp3) is 0.286. The van der Waals surface area contributed by atoms with Crippen molar-refractivity contribution in [2.45, 2.75) is 13.1 Å². The van der Waals surface area contributed by atoms with Gasteiger partial charge in [-0.3, -0.25) is 0 Å². The van der Waals surface area contributed by atoms with Crippen LogP contribution in [0, 0.1) is 0 Å². The SMILES string of the molecule is CNCc1ccn(CCOc2ccccc2)c1. The second-order valence-electron chi connectivity index (χ2n) is 3.95. The molecule has 1 aromatic carbocycles. The first-order chi connectivity index (χ1) is 8.38. The van der Waals surface area contributed by atoms with Crippen molar-refractivity contribution in [3.05, 3.63) is 54.4 Å². The monoisotopic (exact) mass is 230 g/mol. The first-order valence-electron chi connectivity index (χ1n) is 5.85. The molecule has 17 heavy (non-hydrogen) atoms. The Balaban J connectivity index is 1.78. The van der Waals surface area contributed by atoms with E-state index < -0.39 is 0 Å². The van der Waals surface area contributed by atoms with Gasteiger partial charge in [-0.05, 0) is 30.8 Å². The van der Waals surface area contributed by atoms with Gasteiger partial charge in [-0.15, -0.1) is 0 Å². The average molecular weight is 230 g/mol. The summed E-state index contributed by atoms with van der Waals surface area (Å²) in [6.07, 6.45) is 4.23. The summed E-state index contributed by atoms with van der Waals surface area (Å²) in [6, 6.07) is 12.0. The second kappa shape index (κ2) is 6.11. The Morgan fingerprint density at radius 3 is 2.76 bits per heavy atom. The van der Waals surface area contributed by atoms with Crippen LogP contribution < -0.4 is 10.1 Å². The Hall–Kier alpha value is -1.74. The molecule has 0 radical (unpaired) electrons. The number of rotatable bonds is 6. The molecule has 0 aliphatic heterocycles. The van der Waals surface area contributed by atoms with Gasteiger partial charge in [0, 0.05) is 18.9 Å². The molecule has 90 valence electrons. The van der Waals surface area contributed by atoms with Gasteiger partial charge in [0.25, 0.3) is 0 Å². The van der Waals surface area contributed by atoms with Crippen LogP contribution in [0.4, 0.5) is 0 Å². The molecule has 1 N–H and O–H groups in total. The topological polar surface area (TPSA) is 26.2 Å². The summed E-state index contributed by atoms with van der Waals surface area (Å²) in [4.78, 5) is 0. The second-order valence-corrected chi connectivity index (χ2v) is 3.95. The van der Waals surface area contributed by atoms with Crippen LogP contribution in [-0.2, 0) is 13.1 Å². The van der Waals surface area contributed by atoms with E-state index in [2.05, 4.69) is 28.3 Å². The van der Waals surface area contributed by atoms with E-state index in [1.807, 2.05) is 37.4 Å². The van der Waals surface area contributed by atoms with E-state index in [-0.39, 0.29) is 0 Å². The lowest BCUT2D eigenvalue weighted by atomic mass is 10.3. The van der Waals surface area contributed by atoms with Crippen LogP contribution in [0.1, 0.15) is 5.56 Å². The predicted octanol–water partition coefficient (Wildman–Crippen LogP) is 2.29. The minimum absolute atomic E-state index is 0.692. The largest absolute Gasteiger partial charge is 0.492 e. The van der Waals surface area contributed by atoms with Crippen molar-refractivity contribution in [2.24, 2.45) is 0 Å². The van der Waals surface area contributed by atoms with Crippen LogP contribution in [0.3, 0.4) is 0 Å².